The number of likely N-dealkylation sites (N-methyl/N-ethyl adjacent to an activating group) is 1. The molecular weight excluding hydrogens is 456 g/mol. The Bertz CT molecular complexity index is 969. The second-order valence-electron chi connectivity index (χ2n) is 8.89. The zero-order chi connectivity index (χ0) is 25.3. The van der Waals surface area contributed by atoms with Gasteiger partial charge in [-0.15, -0.1) is 11.3 Å². The summed E-state index contributed by atoms with van der Waals surface area (Å²) in [5, 5.41) is 11.6. The van der Waals surface area contributed by atoms with Crippen LogP contribution in [0.15, 0.2) is 29.1 Å². The minimum Gasteiger partial charge on any atom is -0.444 e. The van der Waals surface area contributed by atoms with Crippen LogP contribution in [0.1, 0.15) is 43.7 Å². The van der Waals surface area contributed by atoms with Crippen LogP contribution < -0.4 is 16.0 Å². The first-order valence-corrected chi connectivity index (χ1v) is 11.9. The minimum atomic E-state index is -0.631. The summed E-state index contributed by atoms with van der Waals surface area (Å²) in [6, 6.07) is 3.24. The van der Waals surface area contributed by atoms with E-state index in [1.165, 1.54) is 11.3 Å². The highest BCUT2D eigenvalue weighted by Gasteiger charge is 2.19. The lowest BCUT2D eigenvalue weighted by Gasteiger charge is -2.24. The van der Waals surface area contributed by atoms with Gasteiger partial charge in [0, 0.05) is 43.1 Å². The monoisotopic (exact) mass is 490 g/mol. The van der Waals surface area contributed by atoms with Crippen molar-refractivity contribution in [2.24, 2.45) is 0 Å². The van der Waals surface area contributed by atoms with Crippen LogP contribution >= 0.6 is 11.3 Å². The number of carbonyl (C=O) groups excluding carboxylic acids is 3. The number of nitrogens with one attached hydrogen (secondary N) is 3. The molecule has 4 amide bonds. The van der Waals surface area contributed by atoms with E-state index in [4.69, 9.17) is 4.74 Å². The van der Waals surface area contributed by atoms with E-state index in [0.717, 1.165) is 12.1 Å². The molecule has 2 aromatic rings. The number of rotatable bonds is 9. The van der Waals surface area contributed by atoms with Gasteiger partial charge in [0.05, 0.1) is 11.4 Å². The van der Waals surface area contributed by atoms with Crippen LogP contribution in [-0.4, -0.2) is 72.1 Å². The molecule has 186 valence electrons. The van der Waals surface area contributed by atoms with Crippen LogP contribution in [0.5, 0.6) is 0 Å². The first-order valence-electron chi connectivity index (χ1n) is 11.0. The molecule has 2 heterocycles. The Hall–Kier alpha value is -3.18. The average Bonchev–Trinajstić information content (AvgIpc) is 3.16. The quantitative estimate of drug-likeness (QED) is 0.492. The fourth-order valence-electron chi connectivity index (χ4n) is 2.80. The molecule has 0 radical (unpaired) electrons. The molecule has 0 saturated carbocycles. The Labute approximate surface area is 204 Å². The van der Waals surface area contributed by atoms with Crippen molar-refractivity contribution in [3.8, 4) is 0 Å². The van der Waals surface area contributed by atoms with Crippen molar-refractivity contribution in [3.63, 3.8) is 0 Å². The van der Waals surface area contributed by atoms with E-state index in [-0.39, 0.29) is 11.7 Å². The number of hydrogen-bond donors (Lipinski definition) is 3. The van der Waals surface area contributed by atoms with Gasteiger partial charge in [0.25, 0.3) is 5.91 Å². The van der Waals surface area contributed by atoms with E-state index in [2.05, 4.69) is 20.9 Å². The number of carbonyl (C=O) groups is 3. The fraction of sp³-hybridized carbons (Fsp3) is 0.478. The molecule has 0 aliphatic heterocycles. The number of anilines is 2. The summed E-state index contributed by atoms with van der Waals surface area (Å²) in [6.45, 7) is 9.41. The molecule has 0 aliphatic carbocycles. The van der Waals surface area contributed by atoms with Gasteiger partial charge in [-0.05, 0) is 53.4 Å². The molecule has 0 fully saturated rings. The lowest BCUT2D eigenvalue weighted by molar-refractivity contribution is 0.0635. The highest BCUT2D eigenvalue weighted by atomic mass is 32.1. The van der Waals surface area contributed by atoms with E-state index in [1.54, 1.807) is 54.8 Å². The number of thiophene rings is 1. The van der Waals surface area contributed by atoms with Crippen LogP contribution in [0.2, 0.25) is 0 Å². The van der Waals surface area contributed by atoms with Crippen molar-refractivity contribution in [2.75, 3.05) is 44.4 Å². The number of pyridine rings is 1. The molecule has 0 saturated heterocycles. The lowest BCUT2D eigenvalue weighted by Crippen LogP contribution is -2.42. The SMILES string of the molecule is CCNC(=O)N(CCN(C)C)Cc1ccc(C(=O)Nc2cscc2NC(=O)OC(C)(C)C)nc1. The molecule has 0 bridgehead atoms. The van der Waals surface area contributed by atoms with Gasteiger partial charge >= 0.3 is 12.1 Å². The van der Waals surface area contributed by atoms with Crippen LogP contribution in [0.25, 0.3) is 0 Å². The third-order valence-electron chi connectivity index (χ3n) is 4.41. The smallest absolute Gasteiger partial charge is 0.412 e. The van der Waals surface area contributed by atoms with Gasteiger partial charge in [0.1, 0.15) is 11.3 Å². The van der Waals surface area contributed by atoms with E-state index >= 15 is 0 Å². The number of amides is 4. The Morgan fingerprint density at radius 3 is 2.29 bits per heavy atom. The van der Waals surface area contributed by atoms with Crippen molar-refractivity contribution < 1.29 is 19.1 Å². The second-order valence-corrected chi connectivity index (χ2v) is 9.64. The van der Waals surface area contributed by atoms with Gasteiger partial charge in [0.15, 0.2) is 0 Å². The summed E-state index contributed by atoms with van der Waals surface area (Å²) < 4.78 is 5.26. The maximum Gasteiger partial charge on any atom is 0.412 e. The fourth-order valence-corrected chi connectivity index (χ4v) is 3.51. The topological polar surface area (TPSA) is 116 Å². The summed E-state index contributed by atoms with van der Waals surface area (Å²) in [7, 11) is 3.90. The van der Waals surface area contributed by atoms with Crippen LogP contribution in [0.4, 0.5) is 21.0 Å². The van der Waals surface area contributed by atoms with Crippen molar-refractivity contribution in [3.05, 3.63) is 40.3 Å². The Morgan fingerprint density at radius 1 is 1.06 bits per heavy atom. The van der Waals surface area contributed by atoms with Gasteiger partial charge < -0.3 is 25.2 Å². The number of nitrogens with zero attached hydrogens (tertiary/aromatic N) is 3. The second kappa shape index (κ2) is 12.3. The van der Waals surface area contributed by atoms with Crippen molar-refractivity contribution in [1.82, 2.24) is 20.1 Å². The molecule has 0 spiro atoms. The molecule has 0 atom stereocenters. The molecule has 34 heavy (non-hydrogen) atoms. The summed E-state index contributed by atoms with van der Waals surface area (Å²) in [5.41, 5.74) is 1.30. The maximum absolute atomic E-state index is 12.7. The molecule has 0 aromatic carbocycles. The minimum absolute atomic E-state index is 0.145. The van der Waals surface area contributed by atoms with Gasteiger partial charge in [-0.2, -0.15) is 0 Å². The number of ether oxygens (including phenoxy) is 1. The summed E-state index contributed by atoms with van der Waals surface area (Å²) in [5.74, 6) is -0.412. The maximum atomic E-state index is 12.7. The standard InChI is InChI=1S/C23H34N6O4S/c1-7-24-21(31)29(11-10-28(5)6)13-16-8-9-17(25-12-16)20(30)26-18-14-34-15-19(18)27-22(32)33-23(2,3)4/h8-9,12,14-15H,7,10-11,13H2,1-6H3,(H,24,31)(H,26,30)(H,27,32). The van der Waals surface area contributed by atoms with Crippen LogP contribution in [0, 0.1) is 0 Å². The zero-order valence-corrected chi connectivity index (χ0v) is 21.4. The Balaban J connectivity index is 2.02. The van der Waals surface area contributed by atoms with E-state index < -0.39 is 17.6 Å². The molecule has 2 rings (SSSR count). The van der Waals surface area contributed by atoms with Crippen LogP contribution in [-0.2, 0) is 11.3 Å². The van der Waals surface area contributed by atoms with Gasteiger partial charge in [-0.1, -0.05) is 6.07 Å². The highest BCUT2D eigenvalue weighted by molar-refractivity contribution is 7.09. The van der Waals surface area contributed by atoms with Crippen molar-refractivity contribution >= 4 is 40.7 Å². The van der Waals surface area contributed by atoms with Gasteiger partial charge in [-0.3, -0.25) is 15.1 Å². The molecule has 0 aliphatic rings. The number of hydrogen-bond acceptors (Lipinski definition) is 7. The number of aromatic nitrogens is 1. The third-order valence-corrected chi connectivity index (χ3v) is 5.15. The van der Waals surface area contributed by atoms with E-state index in [9.17, 15) is 14.4 Å². The summed E-state index contributed by atoms with van der Waals surface area (Å²) >= 11 is 1.33. The predicted octanol–water partition coefficient (Wildman–Crippen LogP) is 3.84. The van der Waals surface area contributed by atoms with Gasteiger partial charge in [0.2, 0.25) is 0 Å². The number of urea groups is 1. The molecule has 10 nitrogen and oxygen atoms in total. The summed E-state index contributed by atoms with van der Waals surface area (Å²) in [4.78, 5) is 45.1. The Kier molecular flexibility index (Phi) is 9.82. The average molecular weight is 491 g/mol. The predicted molar refractivity (Wildman–Crippen MR) is 134 cm³/mol. The largest absolute Gasteiger partial charge is 0.444 e. The third kappa shape index (κ3) is 8.99. The Morgan fingerprint density at radius 2 is 1.74 bits per heavy atom. The van der Waals surface area contributed by atoms with E-state index in [1.807, 2.05) is 25.9 Å². The molecule has 2 aromatic heterocycles. The molecule has 0 unspecified atom stereocenters. The first kappa shape index (κ1) is 27.1. The summed E-state index contributed by atoms with van der Waals surface area (Å²) in [6.07, 6.45) is 0.986. The molecular formula is C23H34N6O4S. The molecule has 11 heteroatoms. The van der Waals surface area contributed by atoms with Gasteiger partial charge in [-0.25, -0.2) is 9.59 Å². The van der Waals surface area contributed by atoms with Crippen molar-refractivity contribution in [1.29, 1.82) is 0 Å². The first-order chi connectivity index (χ1) is 16.0. The molecule has 3 N–H and O–H groups in total. The van der Waals surface area contributed by atoms with Crippen LogP contribution in [0.3, 0.4) is 0 Å². The van der Waals surface area contributed by atoms with Crippen molar-refractivity contribution in [2.45, 2.75) is 39.8 Å². The highest BCUT2D eigenvalue weighted by Crippen LogP contribution is 2.27. The van der Waals surface area contributed by atoms with E-state index in [0.29, 0.717) is 31.0 Å². The lowest BCUT2D eigenvalue weighted by atomic mass is 10.2. The normalized spacial score (nSPS) is 11.1. The zero-order valence-electron chi connectivity index (χ0n) is 20.6.